The molecule has 112 valence electrons. The molecule has 0 saturated heterocycles. The lowest BCUT2D eigenvalue weighted by molar-refractivity contribution is -0.118. The summed E-state index contributed by atoms with van der Waals surface area (Å²) >= 11 is 15.3. The second kappa shape index (κ2) is 5.87. The highest BCUT2D eigenvalue weighted by molar-refractivity contribution is 9.10. The van der Waals surface area contributed by atoms with E-state index in [4.69, 9.17) is 28.9 Å². The lowest BCUT2D eigenvalue weighted by Gasteiger charge is -2.07. The number of imidazole rings is 1. The van der Waals surface area contributed by atoms with Crippen molar-refractivity contribution in [3.8, 4) is 11.4 Å². The van der Waals surface area contributed by atoms with Gasteiger partial charge in [0, 0.05) is 10.6 Å². The van der Waals surface area contributed by atoms with Gasteiger partial charge in [-0.1, -0.05) is 23.2 Å². The Morgan fingerprint density at radius 2 is 1.95 bits per heavy atom. The minimum Gasteiger partial charge on any atom is -0.368 e. The summed E-state index contributed by atoms with van der Waals surface area (Å²) in [6, 6.07) is 7.16. The van der Waals surface area contributed by atoms with E-state index >= 15 is 0 Å². The molecule has 3 rings (SSSR count). The lowest BCUT2D eigenvalue weighted by atomic mass is 10.2. The molecule has 0 spiro atoms. The summed E-state index contributed by atoms with van der Waals surface area (Å²) in [7, 11) is 0. The fraction of sp³-hybridized carbons (Fsp3) is 0.0714. The summed E-state index contributed by atoms with van der Waals surface area (Å²) < 4.78 is 2.28. The van der Waals surface area contributed by atoms with Gasteiger partial charge in [-0.15, -0.1) is 0 Å². The van der Waals surface area contributed by atoms with Crippen LogP contribution in [0, 0.1) is 0 Å². The Hall–Kier alpha value is -1.63. The quantitative estimate of drug-likeness (QED) is 0.683. The second-order valence-electron chi connectivity index (χ2n) is 4.59. The summed E-state index contributed by atoms with van der Waals surface area (Å²) in [5.41, 5.74) is 7.44. The highest BCUT2D eigenvalue weighted by Crippen LogP contribution is 2.32. The van der Waals surface area contributed by atoms with E-state index in [2.05, 4.69) is 25.9 Å². The van der Waals surface area contributed by atoms with Gasteiger partial charge in [-0.05, 0) is 40.2 Å². The van der Waals surface area contributed by atoms with Gasteiger partial charge in [0.15, 0.2) is 0 Å². The molecule has 1 amide bonds. The van der Waals surface area contributed by atoms with Crippen molar-refractivity contribution in [1.29, 1.82) is 0 Å². The van der Waals surface area contributed by atoms with Crippen LogP contribution in [0.1, 0.15) is 0 Å². The first-order chi connectivity index (χ1) is 10.5. The molecule has 1 aromatic carbocycles. The molecule has 2 aromatic heterocycles. The molecule has 0 radical (unpaired) electrons. The number of primary amides is 1. The van der Waals surface area contributed by atoms with E-state index in [1.807, 2.05) is 12.1 Å². The van der Waals surface area contributed by atoms with Gasteiger partial charge in [0.25, 0.3) is 0 Å². The molecule has 0 aliphatic rings. The van der Waals surface area contributed by atoms with Crippen LogP contribution in [0.5, 0.6) is 0 Å². The molecular weight excluding hydrogens is 391 g/mol. The van der Waals surface area contributed by atoms with Gasteiger partial charge in [0.05, 0.1) is 16.2 Å². The van der Waals surface area contributed by atoms with Gasteiger partial charge in [0.1, 0.15) is 23.0 Å². The van der Waals surface area contributed by atoms with Crippen molar-refractivity contribution in [2.24, 2.45) is 5.73 Å². The number of nitrogens with zero attached hydrogens (tertiary/aromatic N) is 3. The Morgan fingerprint density at radius 1 is 1.27 bits per heavy atom. The van der Waals surface area contributed by atoms with Crippen LogP contribution in [0.4, 0.5) is 0 Å². The molecule has 5 nitrogen and oxygen atoms in total. The first kappa shape index (κ1) is 15.3. The molecule has 0 fully saturated rings. The number of benzene rings is 1. The van der Waals surface area contributed by atoms with Gasteiger partial charge < -0.3 is 10.3 Å². The first-order valence-corrected chi connectivity index (χ1v) is 7.76. The van der Waals surface area contributed by atoms with Crippen molar-refractivity contribution in [2.75, 3.05) is 0 Å². The summed E-state index contributed by atoms with van der Waals surface area (Å²) in [6.45, 7) is -0.00971. The van der Waals surface area contributed by atoms with Crippen molar-refractivity contribution < 1.29 is 4.79 Å². The molecule has 2 heterocycles. The number of carbonyl (C=O) groups excluding carboxylic acids is 1. The smallest absolute Gasteiger partial charge is 0.237 e. The van der Waals surface area contributed by atoms with Gasteiger partial charge in [0.2, 0.25) is 5.91 Å². The Kier molecular flexibility index (Phi) is 4.08. The van der Waals surface area contributed by atoms with Crippen molar-refractivity contribution in [1.82, 2.24) is 14.5 Å². The molecule has 8 heteroatoms. The van der Waals surface area contributed by atoms with Crippen LogP contribution in [-0.2, 0) is 11.3 Å². The maximum absolute atomic E-state index is 11.4. The van der Waals surface area contributed by atoms with E-state index in [9.17, 15) is 4.79 Å². The fourth-order valence-electron chi connectivity index (χ4n) is 2.17. The number of halogens is 3. The number of nitrogens with two attached hydrogens (primary N) is 1. The van der Waals surface area contributed by atoms with E-state index in [0.29, 0.717) is 31.5 Å². The topological polar surface area (TPSA) is 73.8 Å². The van der Waals surface area contributed by atoms with Crippen molar-refractivity contribution in [3.05, 3.63) is 45.1 Å². The number of hydrogen-bond donors (Lipinski definition) is 1. The normalized spacial score (nSPS) is 11.0. The van der Waals surface area contributed by atoms with Crippen LogP contribution in [0.25, 0.3) is 22.4 Å². The van der Waals surface area contributed by atoms with E-state index in [-0.39, 0.29) is 6.54 Å². The summed E-state index contributed by atoms with van der Waals surface area (Å²) in [5.74, 6) is 0.121. The van der Waals surface area contributed by atoms with Crippen molar-refractivity contribution in [2.45, 2.75) is 6.54 Å². The zero-order valence-corrected chi connectivity index (χ0v) is 14.2. The lowest BCUT2D eigenvalue weighted by Crippen LogP contribution is -2.19. The maximum atomic E-state index is 11.4. The molecular formula is C14H9BrCl2N4O. The minimum absolute atomic E-state index is 0.00971. The van der Waals surface area contributed by atoms with Crippen LogP contribution in [0.2, 0.25) is 10.2 Å². The summed E-state index contributed by atoms with van der Waals surface area (Å²) in [5, 5.41) is 0.922. The minimum atomic E-state index is -0.472. The highest BCUT2D eigenvalue weighted by atomic mass is 79.9. The number of hydrogen-bond acceptors (Lipinski definition) is 3. The van der Waals surface area contributed by atoms with E-state index in [0.717, 1.165) is 5.56 Å². The predicted octanol–water partition coefficient (Wildman–Crippen LogP) is 3.65. The average molecular weight is 400 g/mol. The Bertz CT molecular complexity index is 877. The predicted molar refractivity (Wildman–Crippen MR) is 89.9 cm³/mol. The maximum Gasteiger partial charge on any atom is 0.237 e. The number of fused-ring (bicyclic) bond motifs is 1. The Balaban J connectivity index is 2.30. The molecule has 0 bridgehead atoms. The highest BCUT2D eigenvalue weighted by Gasteiger charge is 2.18. The zero-order chi connectivity index (χ0) is 15.9. The standard InChI is InChI=1S/C14H9BrCl2N4O/c15-11-12-9(5-19-13(11)17)21(6-10(18)22)14(20-12)7-1-3-8(16)4-2-7/h1-5H,6H2,(H2,18,22). The average Bonchev–Trinajstić information content (AvgIpc) is 2.83. The number of carbonyl (C=O) groups is 1. The molecule has 0 saturated carbocycles. The molecule has 2 N–H and O–H groups in total. The van der Waals surface area contributed by atoms with Crippen LogP contribution in [0.15, 0.2) is 34.9 Å². The third-order valence-corrected chi connectivity index (χ3v) is 4.63. The monoisotopic (exact) mass is 398 g/mol. The summed E-state index contributed by atoms with van der Waals surface area (Å²) in [4.78, 5) is 20.0. The molecule has 22 heavy (non-hydrogen) atoms. The third-order valence-electron chi connectivity index (χ3n) is 3.11. The van der Waals surface area contributed by atoms with Gasteiger partial charge in [-0.3, -0.25) is 4.79 Å². The Labute approximate surface area is 144 Å². The Morgan fingerprint density at radius 3 is 2.59 bits per heavy atom. The van der Waals surface area contributed by atoms with Gasteiger partial charge in [-0.25, -0.2) is 9.97 Å². The zero-order valence-electron chi connectivity index (χ0n) is 11.1. The van der Waals surface area contributed by atoms with Crippen molar-refractivity contribution in [3.63, 3.8) is 0 Å². The first-order valence-electron chi connectivity index (χ1n) is 6.22. The number of amides is 1. The number of aromatic nitrogens is 3. The second-order valence-corrected chi connectivity index (χ2v) is 6.18. The van der Waals surface area contributed by atoms with Crippen molar-refractivity contribution >= 4 is 56.1 Å². The molecule has 3 aromatic rings. The summed E-state index contributed by atoms with van der Waals surface area (Å²) in [6.07, 6.45) is 1.57. The molecule has 0 aliphatic heterocycles. The van der Waals surface area contributed by atoms with Crippen LogP contribution in [-0.4, -0.2) is 20.4 Å². The van der Waals surface area contributed by atoms with Gasteiger partial charge >= 0.3 is 0 Å². The molecule has 0 aliphatic carbocycles. The molecule has 0 atom stereocenters. The van der Waals surface area contributed by atoms with Crippen LogP contribution in [0.3, 0.4) is 0 Å². The number of pyridine rings is 1. The van der Waals surface area contributed by atoms with E-state index in [1.54, 1.807) is 22.9 Å². The van der Waals surface area contributed by atoms with E-state index < -0.39 is 5.91 Å². The van der Waals surface area contributed by atoms with Crippen LogP contribution >= 0.6 is 39.1 Å². The fourth-order valence-corrected chi connectivity index (χ4v) is 2.82. The van der Waals surface area contributed by atoms with Gasteiger partial charge in [-0.2, -0.15) is 0 Å². The third kappa shape index (κ3) is 2.69. The SMILES string of the molecule is NC(=O)Cn1c(-c2ccc(Cl)cc2)nc2c(Br)c(Cl)ncc21. The largest absolute Gasteiger partial charge is 0.368 e. The van der Waals surface area contributed by atoms with Crippen LogP contribution < -0.4 is 5.73 Å². The van der Waals surface area contributed by atoms with E-state index in [1.165, 1.54) is 0 Å². The molecule has 0 unspecified atom stereocenters. The number of rotatable bonds is 3.